The fourth-order valence-corrected chi connectivity index (χ4v) is 2.60. The van der Waals surface area contributed by atoms with Crippen LogP contribution in [0.2, 0.25) is 0 Å². The molecular formula is C15H21N3O4S. The van der Waals surface area contributed by atoms with Crippen molar-refractivity contribution < 1.29 is 19.4 Å². The molecule has 0 atom stereocenters. The van der Waals surface area contributed by atoms with Crippen molar-refractivity contribution in [3.05, 3.63) is 17.2 Å². The Labute approximate surface area is 140 Å². The van der Waals surface area contributed by atoms with Gasteiger partial charge in [0.25, 0.3) is 0 Å². The Morgan fingerprint density at radius 1 is 1.57 bits per heavy atom. The zero-order valence-corrected chi connectivity index (χ0v) is 14.3. The molecule has 2 rings (SSSR count). The Balaban J connectivity index is 2.25. The van der Waals surface area contributed by atoms with Gasteiger partial charge in [0.15, 0.2) is 16.6 Å². The lowest BCUT2D eigenvalue weighted by Crippen LogP contribution is -2.38. The second kappa shape index (κ2) is 7.87. The zero-order valence-electron chi connectivity index (χ0n) is 13.5. The molecular weight excluding hydrogens is 318 g/mol. The summed E-state index contributed by atoms with van der Waals surface area (Å²) < 4.78 is 16.3. The average molecular weight is 339 g/mol. The van der Waals surface area contributed by atoms with Gasteiger partial charge in [0.2, 0.25) is 12.5 Å². The highest BCUT2D eigenvalue weighted by molar-refractivity contribution is 7.80. The number of nitrogens with zero attached hydrogens (tertiary/aromatic N) is 2. The normalized spacial score (nSPS) is 12.5. The van der Waals surface area contributed by atoms with Crippen LogP contribution in [-0.4, -0.2) is 55.5 Å². The first-order valence-corrected chi connectivity index (χ1v) is 7.69. The molecule has 1 aromatic carbocycles. The van der Waals surface area contributed by atoms with E-state index in [-0.39, 0.29) is 6.79 Å². The minimum Gasteiger partial charge on any atom is -0.492 e. The van der Waals surface area contributed by atoms with Crippen molar-refractivity contribution in [1.82, 2.24) is 10.2 Å². The molecule has 0 aromatic heterocycles. The van der Waals surface area contributed by atoms with E-state index in [1.807, 2.05) is 24.9 Å². The van der Waals surface area contributed by atoms with Gasteiger partial charge in [0.05, 0.1) is 13.3 Å². The smallest absolute Gasteiger partial charge is 0.231 e. The van der Waals surface area contributed by atoms with Gasteiger partial charge in [0, 0.05) is 25.7 Å². The van der Waals surface area contributed by atoms with E-state index in [0.717, 1.165) is 12.1 Å². The highest BCUT2D eigenvalue weighted by Gasteiger charge is 2.24. The maximum Gasteiger partial charge on any atom is 0.231 e. The quantitative estimate of drug-likeness (QED) is 0.353. The Kier molecular flexibility index (Phi) is 5.86. The highest BCUT2D eigenvalue weighted by atomic mass is 32.1. The molecule has 1 aliphatic heterocycles. The molecule has 8 heteroatoms. The lowest BCUT2D eigenvalue weighted by molar-refractivity contribution is 0.171. The predicted molar refractivity (Wildman–Crippen MR) is 91.1 cm³/mol. The van der Waals surface area contributed by atoms with E-state index in [4.69, 9.17) is 31.6 Å². The van der Waals surface area contributed by atoms with Gasteiger partial charge in [-0.15, -0.1) is 0 Å². The zero-order chi connectivity index (χ0) is 16.8. The van der Waals surface area contributed by atoms with Crippen molar-refractivity contribution >= 4 is 23.5 Å². The van der Waals surface area contributed by atoms with E-state index in [1.165, 1.54) is 6.21 Å². The maximum absolute atomic E-state index is 8.95. The lowest BCUT2D eigenvalue weighted by Gasteiger charge is -2.21. The van der Waals surface area contributed by atoms with E-state index in [9.17, 15) is 0 Å². The molecule has 1 aliphatic rings. The summed E-state index contributed by atoms with van der Waals surface area (Å²) in [5, 5.41) is 15.9. The molecule has 126 valence electrons. The second-order valence-corrected chi connectivity index (χ2v) is 5.35. The average Bonchev–Trinajstić information content (AvgIpc) is 3.00. The molecule has 0 amide bonds. The molecule has 0 saturated heterocycles. The summed E-state index contributed by atoms with van der Waals surface area (Å²) in [5.41, 5.74) is 1.59. The molecule has 1 heterocycles. The monoisotopic (exact) mass is 339 g/mol. The number of methoxy groups -OCH3 is 1. The first-order chi connectivity index (χ1) is 11.1. The number of fused-ring (bicyclic) bond motifs is 1. The van der Waals surface area contributed by atoms with Crippen molar-refractivity contribution in [2.24, 2.45) is 5.16 Å². The fraction of sp³-hybridized carbons (Fsp3) is 0.467. The van der Waals surface area contributed by atoms with Crippen LogP contribution < -0.4 is 19.5 Å². The predicted octanol–water partition coefficient (Wildman–Crippen LogP) is 1.60. The summed E-state index contributed by atoms with van der Waals surface area (Å²) in [6, 6.07) is 1.88. The molecule has 23 heavy (non-hydrogen) atoms. The summed E-state index contributed by atoms with van der Waals surface area (Å²) in [6.07, 6.45) is 2.02. The number of hydrogen-bond donors (Lipinski definition) is 2. The number of likely N-dealkylation sites (N-methyl/N-ethyl adjacent to an activating group) is 1. The van der Waals surface area contributed by atoms with E-state index >= 15 is 0 Å². The molecule has 0 unspecified atom stereocenters. The maximum atomic E-state index is 8.95. The summed E-state index contributed by atoms with van der Waals surface area (Å²) >= 11 is 5.28. The molecule has 0 bridgehead atoms. The van der Waals surface area contributed by atoms with Crippen LogP contribution >= 0.6 is 12.2 Å². The third-order valence-corrected chi connectivity index (χ3v) is 3.98. The lowest BCUT2D eigenvalue weighted by atomic mass is 10.0. The molecule has 0 spiro atoms. The molecule has 0 saturated carbocycles. The van der Waals surface area contributed by atoms with Gasteiger partial charge in [0.1, 0.15) is 0 Å². The number of rotatable bonds is 6. The number of hydrogen-bond acceptors (Lipinski definition) is 6. The van der Waals surface area contributed by atoms with Crippen molar-refractivity contribution in [2.45, 2.75) is 13.3 Å². The molecule has 2 N–H and O–H groups in total. The van der Waals surface area contributed by atoms with E-state index in [1.54, 1.807) is 7.11 Å². The molecule has 7 nitrogen and oxygen atoms in total. The number of oxime groups is 1. The van der Waals surface area contributed by atoms with Crippen molar-refractivity contribution in [3.8, 4) is 17.2 Å². The van der Waals surface area contributed by atoms with E-state index in [2.05, 4.69) is 10.5 Å². The van der Waals surface area contributed by atoms with Crippen LogP contribution in [0, 0.1) is 0 Å². The van der Waals surface area contributed by atoms with Gasteiger partial charge in [-0.1, -0.05) is 5.16 Å². The van der Waals surface area contributed by atoms with Crippen LogP contribution in [0.5, 0.6) is 17.2 Å². The van der Waals surface area contributed by atoms with E-state index in [0.29, 0.717) is 40.9 Å². The number of nitrogens with one attached hydrogen (secondary N) is 1. The first-order valence-electron chi connectivity index (χ1n) is 7.28. The van der Waals surface area contributed by atoms with Crippen LogP contribution in [-0.2, 0) is 6.42 Å². The van der Waals surface area contributed by atoms with E-state index < -0.39 is 0 Å². The molecule has 0 radical (unpaired) electrons. The van der Waals surface area contributed by atoms with Crippen LogP contribution in [0.3, 0.4) is 0 Å². The number of thiocarbonyl (C=S) groups is 1. The number of benzene rings is 1. The molecule has 0 aliphatic carbocycles. The Bertz CT molecular complexity index is 607. The van der Waals surface area contributed by atoms with Gasteiger partial charge < -0.3 is 29.6 Å². The molecule has 1 aromatic rings. The Morgan fingerprint density at radius 2 is 2.35 bits per heavy atom. The third-order valence-electron chi connectivity index (χ3n) is 3.53. The van der Waals surface area contributed by atoms with Gasteiger partial charge >= 0.3 is 0 Å². The SMILES string of the molecule is CCNC(=S)N(C)CCc1cc2c(c(OC)c1/C=N/O)OCO2. The Hall–Kier alpha value is -2.22. The van der Waals surface area contributed by atoms with Crippen LogP contribution in [0.25, 0.3) is 0 Å². The van der Waals surface area contributed by atoms with Crippen LogP contribution in [0.4, 0.5) is 0 Å². The van der Waals surface area contributed by atoms with Gasteiger partial charge in [-0.2, -0.15) is 0 Å². The van der Waals surface area contributed by atoms with Gasteiger partial charge in [-0.25, -0.2) is 0 Å². The van der Waals surface area contributed by atoms with Crippen LogP contribution in [0.15, 0.2) is 11.2 Å². The summed E-state index contributed by atoms with van der Waals surface area (Å²) in [7, 11) is 3.47. The van der Waals surface area contributed by atoms with Crippen molar-refractivity contribution in [1.29, 1.82) is 0 Å². The topological polar surface area (TPSA) is 75.6 Å². The minimum atomic E-state index is 0.148. The second-order valence-electron chi connectivity index (χ2n) is 4.97. The first kappa shape index (κ1) is 17.1. The largest absolute Gasteiger partial charge is 0.492 e. The standard InChI is InChI=1S/C15H21N3O4S/c1-4-16-15(23)18(2)6-5-10-7-12-14(22-9-21-12)13(20-3)11(10)8-17-19/h7-8,19H,4-6,9H2,1-3H3,(H,16,23)/b17-8+. The Morgan fingerprint density at radius 3 is 3.00 bits per heavy atom. The molecule has 0 fully saturated rings. The van der Waals surface area contributed by atoms with Crippen molar-refractivity contribution in [2.75, 3.05) is 34.0 Å². The highest BCUT2D eigenvalue weighted by Crippen LogP contribution is 2.44. The minimum absolute atomic E-state index is 0.148. The van der Waals surface area contributed by atoms with Crippen molar-refractivity contribution in [3.63, 3.8) is 0 Å². The van der Waals surface area contributed by atoms with Gasteiger partial charge in [-0.3, -0.25) is 0 Å². The number of ether oxygens (including phenoxy) is 3. The summed E-state index contributed by atoms with van der Waals surface area (Å²) in [6.45, 7) is 3.62. The summed E-state index contributed by atoms with van der Waals surface area (Å²) in [4.78, 5) is 1.95. The van der Waals surface area contributed by atoms with Gasteiger partial charge in [-0.05, 0) is 37.2 Å². The fourth-order valence-electron chi connectivity index (χ4n) is 2.36. The third kappa shape index (κ3) is 3.76. The van der Waals surface area contributed by atoms with Crippen LogP contribution in [0.1, 0.15) is 18.1 Å². The summed E-state index contributed by atoms with van der Waals surface area (Å²) in [5.74, 6) is 1.66.